The molecule has 3 saturated carbocycles. The van der Waals surface area contributed by atoms with Gasteiger partial charge >= 0.3 is 0 Å². The molecular weight excluding hydrogens is 424 g/mol. The highest BCUT2D eigenvalue weighted by atomic mass is 16.3. The molecule has 3 fully saturated rings. The lowest BCUT2D eigenvalue weighted by molar-refractivity contribution is -0.120. The van der Waals surface area contributed by atoms with Crippen LogP contribution in [0.25, 0.3) is 0 Å². The smallest absolute Gasteiger partial charge is 0.164 e. The van der Waals surface area contributed by atoms with E-state index in [0.29, 0.717) is 11.5 Å². The Kier molecular flexibility index (Phi) is 6.09. The van der Waals surface area contributed by atoms with Crippen molar-refractivity contribution in [3.8, 4) is 12.1 Å². The summed E-state index contributed by atoms with van der Waals surface area (Å²) in [5.74, 6) is 0.830. The molecule has 3 aliphatic rings. The van der Waals surface area contributed by atoms with Gasteiger partial charge in [-0.3, -0.25) is 4.79 Å². The number of hydrogen-bond donors (Lipinski definition) is 2. The van der Waals surface area contributed by atoms with Crippen LogP contribution in [-0.2, 0) is 18.0 Å². The number of benzene rings is 2. The van der Waals surface area contributed by atoms with E-state index in [0.717, 1.165) is 36.8 Å². The second-order valence-electron chi connectivity index (χ2n) is 10.1. The van der Waals surface area contributed by atoms with Crippen molar-refractivity contribution in [2.75, 3.05) is 0 Å². The predicted octanol–water partition coefficient (Wildman–Crippen LogP) is 4.52. The number of nitriles is 2. The highest BCUT2D eigenvalue weighted by molar-refractivity contribution is 6.02. The van der Waals surface area contributed by atoms with Crippen LogP contribution in [0.4, 0.5) is 0 Å². The van der Waals surface area contributed by atoms with E-state index < -0.39 is 0 Å². The zero-order valence-electron chi connectivity index (χ0n) is 19.0. The van der Waals surface area contributed by atoms with E-state index >= 15 is 0 Å². The molecule has 0 spiro atoms. The zero-order valence-corrected chi connectivity index (χ0v) is 19.0. The van der Waals surface area contributed by atoms with Crippen LogP contribution in [0, 0.1) is 46.3 Å². The van der Waals surface area contributed by atoms with Crippen LogP contribution in [-0.4, -0.2) is 16.0 Å². The van der Waals surface area contributed by atoms with E-state index in [-0.39, 0.29) is 54.2 Å². The van der Waals surface area contributed by atoms with Crippen LogP contribution < -0.4 is 0 Å². The highest BCUT2D eigenvalue weighted by Gasteiger charge is 2.56. The van der Waals surface area contributed by atoms with Crippen LogP contribution >= 0.6 is 0 Å². The first kappa shape index (κ1) is 22.5. The molecule has 2 N–H and O–H groups in total. The lowest BCUT2D eigenvalue weighted by Crippen LogP contribution is -2.38. The van der Waals surface area contributed by atoms with Crippen molar-refractivity contribution >= 4 is 5.78 Å². The fourth-order valence-electron chi connectivity index (χ4n) is 6.96. The molecule has 5 heteroatoms. The molecule has 2 aromatic rings. The van der Waals surface area contributed by atoms with Crippen molar-refractivity contribution in [3.05, 3.63) is 81.9 Å². The number of nitrogens with zero attached hydrogens (tertiary/aromatic N) is 2. The molecular formula is C29H28N2O3. The van der Waals surface area contributed by atoms with Crippen LogP contribution in [0.3, 0.4) is 0 Å². The van der Waals surface area contributed by atoms with Crippen LogP contribution in [0.5, 0.6) is 0 Å². The first-order valence-corrected chi connectivity index (χ1v) is 12.1. The van der Waals surface area contributed by atoms with E-state index in [1.54, 1.807) is 0 Å². The molecule has 34 heavy (non-hydrogen) atoms. The molecule has 2 aromatic carbocycles. The summed E-state index contributed by atoms with van der Waals surface area (Å²) in [6.07, 6.45) is 3.49. The third-order valence-corrected chi connectivity index (χ3v) is 8.46. The van der Waals surface area contributed by atoms with E-state index in [1.807, 2.05) is 36.4 Å². The fourth-order valence-corrected chi connectivity index (χ4v) is 6.96. The van der Waals surface area contributed by atoms with E-state index in [1.165, 1.54) is 11.1 Å². The number of aliphatic hydroxyl groups is 2. The minimum absolute atomic E-state index is 0.00561. The van der Waals surface area contributed by atoms with Crippen molar-refractivity contribution in [1.82, 2.24) is 0 Å². The first-order chi connectivity index (χ1) is 16.6. The molecule has 5 nitrogen and oxygen atoms in total. The normalized spacial score (nSPS) is 29.8. The Morgan fingerprint density at radius 2 is 1.24 bits per heavy atom. The molecule has 0 radical (unpaired) electrons. The van der Waals surface area contributed by atoms with Crippen molar-refractivity contribution < 1.29 is 15.0 Å². The Balaban J connectivity index is 1.53. The van der Waals surface area contributed by atoms with Crippen molar-refractivity contribution in [3.63, 3.8) is 0 Å². The largest absolute Gasteiger partial charge is 0.392 e. The number of ketones is 1. The molecule has 172 valence electrons. The van der Waals surface area contributed by atoms with E-state index in [2.05, 4.69) is 24.3 Å². The second-order valence-corrected chi connectivity index (χ2v) is 10.1. The number of carbonyl (C=O) groups excluding carboxylic acids is 1. The molecule has 3 aliphatic carbocycles. The summed E-state index contributed by atoms with van der Waals surface area (Å²) >= 11 is 0. The summed E-state index contributed by atoms with van der Waals surface area (Å²) < 4.78 is 0. The Hall–Kier alpha value is -3.25. The lowest BCUT2D eigenvalue weighted by atomic mass is 9.58. The zero-order chi connectivity index (χ0) is 23.8. The monoisotopic (exact) mass is 452 g/mol. The number of hydrogen-bond acceptors (Lipinski definition) is 5. The van der Waals surface area contributed by atoms with Gasteiger partial charge in [0.25, 0.3) is 0 Å². The van der Waals surface area contributed by atoms with Gasteiger partial charge in [-0.1, -0.05) is 48.5 Å². The standard InChI is InChI=1S/C29H28N2O3/c30-13-24(14-31)28-25-11-21(19-5-1-17(15-32)2-6-19)9-23-10-22(12-26(27(23)25)29(28)34)20-7-3-18(16-33)4-8-20/h1-8,21-23,25-27,32-33H,9-12,15-16H2. The average molecular weight is 453 g/mol. The van der Waals surface area contributed by atoms with Gasteiger partial charge in [-0.2, -0.15) is 10.5 Å². The molecule has 6 atom stereocenters. The highest BCUT2D eigenvalue weighted by Crippen LogP contribution is 2.61. The molecule has 5 rings (SSSR count). The van der Waals surface area contributed by atoms with Crippen LogP contribution in [0.2, 0.25) is 0 Å². The third-order valence-electron chi connectivity index (χ3n) is 8.46. The van der Waals surface area contributed by atoms with Crippen molar-refractivity contribution in [1.29, 1.82) is 10.5 Å². The minimum Gasteiger partial charge on any atom is -0.392 e. The van der Waals surface area contributed by atoms with E-state index in [4.69, 9.17) is 0 Å². The Bertz CT molecular complexity index is 1180. The van der Waals surface area contributed by atoms with Gasteiger partial charge in [0.1, 0.15) is 17.7 Å². The summed E-state index contributed by atoms with van der Waals surface area (Å²) in [7, 11) is 0. The predicted molar refractivity (Wildman–Crippen MR) is 126 cm³/mol. The molecule has 0 heterocycles. The first-order valence-electron chi connectivity index (χ1n) is 12.1. The SMILES string of the molecule is N#CC(C#N)=C1C(=O)C2CC(c3ccc(CO)cc3)CC3CC(c4ccc(CO)cc4)CC1C32. The van der Waals surface area contributed by atoms with Gasteiger partial charge in [0.05, 0.1) is 13.2 Å². The topological polar surface area (TPSA) is 105 Å². The summed E-state index contributed by atoms with van der Waals surface area (Å²) in [5.41, 5.74) is 4.58. The number of rotatable bonds is 4. The summed E-state index contributed by atoms with van der Waals surface area (Å²) in [6, 6.07) is 20.1. The minimum atomic E-state index is -0.143. The average Bonchev–Trinajstić information content (AvgIpc) is 3.17. The van der Waals surface area contributed by atoms with Gasteiger partial charge in [0, 0.05) is 11.5 Å². The fraction of sp³-hybridized carbons (Fsp3) is 0.414. The number of aliphatic hydroxyl groups excluding tert-OH is 2. The molecule has 6 unspecified atom stereocenters. The maximum atomic E-state index is 13.6. The Labute approximate surface area is 200 Å². The molecule has 0 aliphatic heterocycles. The van der Waals surface area contributed by atoms with Gasteiger partial charge in [-0.15, -0.1) is 0 Å². The maximum absolute atomic E-state index is 13.6. The number of Topliss-reactive ketones (excluding diaryl/α,β-unsaturated/α-hetero) is 1. The molecule has 0 saturated heterocycles. The van der Waals surface area contributed by atoms with Gasteiger partial charge < -0.3 is 10.2 Å². The number of carbonyl (C=O) groups is 1. The van der Waals surface area contributed by atoms with Gasteiger partial charge in [0.15, 0.2) is 5.78 Å². The summed E-state index contributed by atoms with van der Waals surface area (Å²) in [5, 5.41) is 38.1. The summed E-state index contributed by atoms with van der Waals surface area (Å²) in [4.78, 5) is 13.6. The summed E-state index contributed by atoms with van der Waals surface area (Å²) in [6.45, 7) is 0.0141. The van der Waals surface area contributed by atoms with Gasteiger partial charge in [-0.05, 0) is 77.5 Å². The maximum Gasteiger partial charge on any atom is 0.164 e. The van der Waals surface area contributed by atoms with Crippen LogP contribution in [0.15, 0.2) is 59.7 Å². The third kappa shape index (κ3) is 3.76. The van der Waals surface area contributed by atoms with Crippen molar-refractivity contribution in [2.45, 2.75) is 50.7 Å². The van der Waals surface area contributed by atoms with Gasteiger partial charge in [0.2, 0.25) is 0 Å². The molecule has 0 bridgehead atoms. The lowest BCUT2D eigenvalue weighted by Gasteiger charge is -2.46. The second kappa shape index (κ2) is 9.18. The van der Waals surface area contributed by atoms with Crippen molar-refractivity contribution in [2.24, 2.45) is 23.7 Å². The Morgan fingerprint density at radius 1 is 0.765 bits per heavy atom. The molecule has 0 amide bonds. The van der Waals surface area contributed by atoms with Crippen LogP contribution in [0.1, 0.15) is 59.8 Å². The molecule has 0 aromatic heterocycles. The quantitative estimate of drug-likeness (QED) is 0.524. The number of allylic oxidation sites excluding steroid dienone is 2. The van der Waals surface area contributed by atoms with E-state index in [9.17, 15) is 25.5 Å². The van der Waals surface area contributed by atoms with Gasteiger partial charge in [-0.25, -0.2) is 0 Å². The Morgan fingerprint density at radius 3 is 1.68 bits per heavy atom.